The number of methoxy groups -OCH3 is 2. The highest BCUT2D eigenvalue weighted by atomic mass is 32.2. The maximum Gasteiger partial charge on any atom is 0.362 e. The third-order valence-corrected chi connectivity index (χ3v) is 6.61. The molecule has 13 nitrogen and oxygen atoms in total. The number of urea groups is 1. The van der Waals surface area contributed by atoms with Crippen molar-refractivity contribution >= 4 is 48.6 Å². The van der Waals surface area contributed by atoms with Crippen molar-refractivity contribution in [2.45, 2.75) is 11.9 Å². The number of thiazole rings is 2. The normalized spacial score (nSPS) is 11.3. The molecule has 0 saturated heterocycles. The van der Waals surface area contributed by atoms with Gasteiger partial charge in [0.1, 0.15) is 5.69 Å². The van der Waals surface area contributed by atoms with Crippen LogP contribution in [-0.2, 0) is 20.3 Å². The van der Waals surface area contributed by atoms with Crippen molar-refractivity contribution in [2.24, 2.45) is 4.36 Å². The molecule has 0 saturated carbocycles. The standard InChI is InChI=1S/C7H8N4O5S.C7H6N2O2S2/c1-15-4-3-5(16-2)9-6(8-4)10-7(12)11-17(13)14;1-2-13(10,11)6-5-4-3-9(5)7(8-6)12-4/h3H,1-2H3,(H,8,9,10,12);3H,2H2,1H3. The first kappa shape index (κ1) is 21.6. The molecule has 2 aliphatic heterocycles. The van der Waals surface area contributed by atoms with E-state index in [1.165, 1.54) is 31.6 Å². The van der Waals surface area contributed by atoms with Crippen LogP contribution in [0.1, 0.15) is 6.92 Å². The van der Waals surface area contributed by atoms with Crippen molar-refractivity contribution in [3.63, 3.8) is 0 Å². The number of hydrogen-bond acceptors (Lipinski definition) is 11. The number of nitrogens with one attached hydrogen (secondary N) is 1. The Morgan fingerprint density at radius 3 is 2.33 bits per heavy atom. The average Bonchev–Trinajstić information content (AvgIpc) is 3.33. The van der Waals surface area contributed by atoms with E-state index in [4.69, 9.17) is 9.47 Å². The van der Waals surface area contributed by atoms with Crippen molar-refractivity contribution in [3.8, 4) is 22.3 Å². The van der Waals surface area contributed by atoms with Gasteiger partial charge in [-0.15, -0.1) is 0 Å². The van der Waals surface area contributed by atoms with Gasteiger partial charge in [-0.25, -0.2) is 18.2 Å². The van der Waals surface area contributed by atoms with E-state index in [0.29, 0.717) is 0 Å². The van der Waals surface area contributed by atoms with Gasteiger partial charge in [0, 0.05) is 6.20 Å². The third kappa shape index (κ3) is 4.24. The van der Waals surface area contributed by atoms with E-state index in [0.717, 1.165) is 15.5 Å². The van der Waals surface area contributed by atoms with E-state index < -0.39 is 26.4 Å². The van der Waals surface area contributed by atoms with Crippen molar-refractivity contribution in [3.05, 3.63) is 12.3 Å². The first-order chi connectivity index (χ1) is 14.2. The highest BCUT2D eigenvalue weighted by Crippen LogP contribution is 2.43. The Bertz CT molecular complexity index is 1340. The molecule has 5 heterocycles. The van der Waals surface area contributed by atoms with Gasteiger partial charge in [-0.05, 0) is 0 Å². The smallest absolute Gasteiger partial charge is 0.362 e. The number of amides is 2. The predicted octanol–water partition coefficient (Wildman–Crippen LogP) is 1.26. The number of hydrogen-bond donors (Lipinski definition) is 1. The van der Waals surface area contributed by atoms with Gasteiger partial charge < -0.3 is 9.47 Å². The zero-order valence-electron chi connectivity index (χ0n) is 15.7. The molecule has 0 fully saturated rings. The molecule has 0 radical (unpaired) electrons. The summed E-state index contributed by atoms with van der Waals surface area (Å²) in [7, 11) is -3.24. The van der Waals surface area contributed by atoms with E-state index in [2.05, 4.69) is 19.3 Å². The molecule has 160 valence electrons. The first-order valence-corrected chi connectivity index (χ1v) is 11.5. The van der Waals surface area contributed by atoms with Gasteiger partial charge >= 0.3 is 16.5 Å². The van der Waals surface area contributed by atoms with Crippen LogP contribution in [0.2, 0.25) is 0 Å². The van der Waals surface area contributed by atoms with E-state index in [1.54, 1.807) is 6.92 Å². The molecule has 1 N–H and O–H groups in total. The van der Waals surface area contributed by atoms with Gasteiger partial charge in [-0.3, -0.25) is 9.72 Å². The minimum absolute atomic E-state index is 0.119. The van der Waals surface area contributed by atoms with Crippen molar-refractivity contribution < 1.29 is 31.1 Å². The molecule has 0 spiro atoms. The van der Waals surface area contributed by atoms with Gasteiger partial charge in [-0.2, -0.15) is 18.4 Å². The third-order valence-electron chi connectivity index (χ3n) is 3.68. The van der Waals surface area contributed by atoms with E-state index in [-0.39, 0.29) is 28.5 Å². The van der Waals surface area contributed by atoms with Crippen molar-refractivity contribution in [2.75, 3.05) is 25.3 Å². The van der Waals surface area contributed by atoms with Gasteiger partial charge in [0.25, 0.3) is 0 Å². The Balaban J connectivity index is 0.000000175. The lowest BCUT2D eigenvalue weighted by Gasteiger charge is -2.05. The predicted molar refractivity (Wildman–Crippen MR) is 105 cm³/mol. The molecular weight excluding hydrogens is 460 g/mol. The minimum atomic E-state index is -3.13. The SMILES string of the molecule is CCS(=O)(=O)c1nc2sc3cn2c1-3.COc1cc(OC)nc(NC(=O)N=S(=O)=O)n1. The molecule has 5 rings (SSSR count). The maximum absolute atomic E-state index is 11.5. The van der Waals surface area contributed by atoms with Crippen molar-refractivity contribution in [1.82, 2.24) is 19.4 Å². The topological polar surface area (TPSA) is 171 Å². The highest BCUT2D eigenvalue weighted by Gasteiger charge is 2.32. The molecule has 0 atom stereocenters. The zero-order chi connectivity index (χ0) is 22.1. The summed E-state index contributed by atoms with van der Waals surface area (Å²) in [5.74, 6) is 0.236. The number of carbonyl (C=O) groups excluding carboxylic acids is 1. The lowest BCUT2D eigenvalue weighted by molar-refractivity contribution is 0.259. The van der Waals surface area contributed by atoms with Crippen LogP contribution in [0.5, 0.6) is 11.8 Å². The second-order valence-electron chi connectivity index (χ2n) is 5.43. The lowest BCUT2D eigenvalue weighted by Crippen LogP contribution is -2.10. The molecule has 2 amide bonds. The molecule has 16 heteroatoms. The molecule has 3 aromatic heterocycles. The number of sulfone groups is 1. The number of carbonyl (C=O) groups is 1. The zero-order valence-corrected chi connectivity index (χ0v) is 18.1. The summed E-state index contributed by atoms with van der Waals surface area (Å²) >= 11 is 1.53. The van der Waals surface area contributed by atoms with E-state index in [1.807, 2.05) is 15.9 Å². The number of rotatable bonds is 5. The summed E-state index contributed by atoms with van der Waals surface area (Å²) in [4.78, 5) is 24.4. The summed E-state index contributed by atoms with van der Waals surface area (Å²) in [6, 6.07) is 0.270. The van der Waals surface area contributed by atoms with Crippen LogP contribution in [0.25, 0.3) is 15.5 Å². The van der Waals surface area contributed by atoms with E-state index >= 15 is 0 Å². The highest BCUT2D eigenvalue weighted by molar-refractivity contribution is 7.91. The van der Waals surface area contributed by atoms with Crippen LogP contribution < -0.4 is 14.8 Å². The number of nitrogens with zero attached hydrogens (tertiary/aromatic N) is 5. The fourth-order valence-electron chi connectivity index (χ4n) is 2.30. The molecule has 0 aromatic carbocycles. The van der Waals surface area contributed by atoms with Crippen LogP contribution in [0.4, 0.5) is 10.7 Å². The van der Waals surface area contributed by atoms with Gasteiger partial charge in [0.15, 0.2) is 19.8 Å². The second kappa shape index (κ2) is 8.33. The largest absolute Gasteiger partial charge is 0.481 e. The van der Waals surface area contributed by atoms with Gasteiger partial charge in [0.05, 0.1) is 30.9 Å². The summed E-state index contributed by atoms with van der Waals surface area (Å²) in [5.41, 5.74) is 0.793. The monoisotopic (exact) mass is 474 g/mol. The Morgan fingerprint density at radius 1 is 1.23 bits per heavy atom. The summed E-state index contributed by atoms with van der Waals surface area (Å²) in [6.07, 6.45) is 1.91. The quantitative estimate of drug-likeness (QED) is 0.444. The molecule has 4 bridgehead atoms. The summed E-state index contributed by atoms with van der Waals surface area (Å²) in [6.45, 7) is 1.64. The number of imidazole rings is 1. The van der Waals surface area contributed by atoms with Crippen LogP contribution in [-0.4, -0.2) is 62.2 Å². The Morgan fingerprint density at radius 2 is 1.87 bits per heavy atom. The summed E-state index contributed by atoms with van der Waals surface area (Å²) < 4.78 is 57.5. The van der Waals surface area contributed by atoms with Crippen LogP contribution >= 0.6 is 11.3 Å². The summed E-state index contributed by atoms with van der Waals surface area (Å²) in [5, 5.41) is 2.31. The second-order valence-corrected chi connectivity index (χ2v) is 9.25. The molecule has 2 aliphatic rings. The molecule has 0 unspecified atom stereocenters. The van der Waals surface area contributed by atoms with Crippen LogP contribution in [0.15, 0.2) is 21.7 Å². The lowest BCUT2D eigenvalue weighted by atomic mass is 10.3. The molecule has 3 aromatic rings. The van der Waals surface area contributed by atoms with Crippen molar-refractivity contribution in [1.29, 1.82) is 0 Å². The molecular formula is C14H14N6O7S3. The average molecular weight is 475 g/mol. The fourth-order valence-corrected chi connectivity index (χ4v) is 4.63. The first-order valence-electron chi connectivity index (χ1n) is 8.02. The van der Waals surface area contributed by atoms with E-state index in [9.17, 15) is 21.6 Å². The van der Waals surface area contributed by atoms with Gasteiger partial charge in [0.2, 0.25) is 17.7 Å². The Kier molecular flexibility index (Phi) is 5.99. The maximum atomic E-state index is 11.5. The molecule has 30 heavy (non-hydrogen) atoms. The Labute approximate surface area is 175 Å². The molecule has 0 aliphatic carbocycles. The number of ether oxygens (including phenoxy) is 2. The number of aromatic nitrogens is 4. The van der Waals surface area contributed by atoms with Crippen LogP contribution in [0, 0.1) is 0 Å². The fraction of sp³-hybridized carbons (Fsp3) is 0.286. The minimum Gasteiger partial charge on any atom is -0.481 e. The number of anilines is 1. The Hall–Kier alpha value is -3.11. The van der Waals surface area contributed by atoms with Gasteiger partial charge in [-0.1, -0.05) is 22.6 Å². The van der Waals surface area contributed by atoms with Crippen LogP contribution in [0.3, 0.4) is 0 Å².